The summed E-state index contributed by atoms with van der Waals surface area (Å²) in [4.78, 5) is 21.1. The third-order valence-electron chi connectivity index (χ3n) is 2.32. The molecule has 98 valence electrons. The Balaban J connectivity index is 3.32. The smallest absolute Gasteiger partial charge is 0.342 e. The lowest BCUT2D eigenvalue weighted by molar-refractivity contribution is -0.384. The average molecular weight is 254 g/mol. The van der Waals surface area contributed by atoms with Crippen molar-refractivity contribution in [1.29, 1.82) is 0 Å². The van der Waals surface area contributed by atoms with E-state index in [1.54, 1.807) is 13.8 Å². The van der Waals surface area contributed by atoms with Crippen LogP contribution in [-0.2, 0) is 0 Å². The molecule has 0 saturated carbocycles. The Kier molecular flexibility index (Phi) is 3.87. The molecule has 0 aromatic heterocycles. The molecule has 0 saturated heterocycles. The standard InChI is InChI=1S/C11H14N2O5/c1-11(2,6-14)12-8-5-3-4-7(10(15)16)9(8)13(17)18/h3-5,12,14H,6H2,1-2H3,(H,15,16). The molecule has 1 rings (SSSR count). The first kappa shape index (κ1) is 13.9. The van der Waals surface area contributed by atoms with Gasteiger partial charge in [0, 0.05) is 0 Å². The number of para-hydroxylation sites is 1. The summed E-state index contributed by atoms with van der Waals surface area (Å²) in [6.45, 7) is 3.04. The summed E-state index contributed by atoms with van der Waals surface area (Å²) < 4.78 is 0. The predicted molar refractivity (Wildman–Crippen MR) is 64.8 cm³/mol. The van der Waals surface area contributed by atoms with E-state index in [0.29, 0.717) is 0 Å². The third kappa shape index (κ3) is 2.95. The normalized spacial score (nSPS) is 11.1. The van der Waals surface area contributed by atoms with Gasteiger partial charge in [0.2, 0.25) is 0 Å². The van der Waals surface area contributed by atoms with Gasteiger partial charge in [-0.25, -0.2) is 4.79 Å². The van der Waals surface area contributed by atoms with Gasteiger partial charge >= 0.3 is 11.7 Å². The van der Waals surface area contributed by atoms with Gasteiger partial charge in [-0.1, -0.05) is 6.07 Å². The molecule has 0 spiro atoms. The Bertz CT molecular complexity index is 484. The van der Waals surface area contributed by atoms with Gasteiger partial charge in [-0.15, -0.1) is 0 Å². The molecule has 0 aliphatic rings. The summed E-state index contributed by atoms with van der Waals surface area (Å²) in [5.41, 5.74) is -1.62. The Morgan fingerprint density at radius 2 is 2.11 bits per heavy atom. The highest BCUT2D eigenvalue weighted by Crippen LogP contribution is 2.30. The maximum atomic E-state index is 11.0. The third-order valence-corrected chi connectivity index (χ3v) is 2.32. The van der Waals surface area contributed by atoms with Gasteiger partial charge < -0.3 is 15.5 Å². The van der Waals surface area contributed by atoms with Crippen molar-refractivity contribution in [2.24, 2.45) is 0 Å². The molecule has 1 aromatic rings. The molecule has 0 unspecified atom stereocenters. The van der Waals surface area contributed by atoms with Gasteiger partial charge in [-0.3, -0.25) is 10.1 Å². The number of hydrogen-bond donors (Lipinski definition) is 3. The number of carboxylic acids is 1. The summed E-state index contributed by atoms with van der Waals surface area (Å²) >= 11 is 0. The number of aliphatic hydroxyl groups excluding tert-OH is 1. The molecule has 0 bridgehead atoms. The molecule has 7 heteroatoms. The summed E-state index contributed by atoms with van der Waals surface area (Å²) in [5.74, 6) is -1.37. The highest BCUT2D eigenvalue weighted by molar-refractivity contribution is 5.95. The van der Waals surface area contributed by atoms with Crippen LogP contribution in [-0.4, -0.2) is 33.3 Å². The maximum Gasteiger partial charge on any atom is 0.342 e. The van der Waals surface area contributed by atoms with Crippen LogP contribution in [0.1, 0.15) is 24.2 Å². The Hall–Kier alpha value is -2.15. The van der Waals surface area contributed by atoms with Crippen molar-refractivity contribution in [1.82, 2.24) is 0 Å². The second-order valence-corrected chi connectivity index (χ2v) is 4.43. The number of carbonyl (C=O) groups is 1. The summed E-state index contributed by atoms with van der Waals surface area (Å²) in [6, 6.07) is 3.98. The van der Waals surface area contributed by atoms with E-state index < -0.39 is 27.7 Å². The van der Waals surface area contributed by atoms with Crippen LogP contribution in [0.4, 0.5) is 11.4 Å². The monoisotopic (exact) mass is 254 g/mol. The lowest BCUT2D eigenvalue weighted by atomic mass is 10.0. The number of nitro groups is 1. The van der Waals surface area contributed by atoms with E-state index in [-0.39, 0.29) is 12.3 Å². The lowest BCUT2D eigenvalue weighted by Gasteiger charge is -2.24. The Morgan fingerprint density at radius 1 is 1.50 bits per heavy atom. The molecule has 18 heavy (non-hydrogen) atoms. The van der Waals surface area contributed by atoms with E-state index >= 15 is 0 Å². The van der Waals surface area contributed by atoms with Gasteiger partial charge in [0.15, 0.2) is 0 Å². The number of rotatable bonds is 5. The van der Waals surface area contributed by atoms with Crippen LogP contribution in [0.5, 0.6) is 0 Å². The van der Waals surface area contributed by atoms with Crippen LogP contribution in [0.25, 0.3) is 0 Å². The lowest BCUT2D eigenvalue weighted by Crippen LogP contribution is -2.35. The van der Waals surface area contributed by atoms with Crippen molar-refractivity contribution < 1.29 is 19.9 Å². The van der Waals surface area contributed by atoms with E-state index in [9.17, 15) is 14.9 Å². The van der Waals surface area contributed by atoms with Crippen LogP contribution >= 0.6 is 0 Å². The molecule has 0 amide bonds. The minimum absolute atomic E-state index is 0.0685. The zero-order chi connectivity index (χ0) is 13.9. The summed E-state index contributed by atoms with van der Waals surface area (Å²) in [5, 5.41) is 31.7. The zero-order valence-electron chi connectivity index (χ0n) is 10.0. The highest BCUT2D eigenvalue weighted by atomic mass is 16.6. The molecule has 0 aliphatic heterocycles. The molecular formula is C11H14N2O5. The van der Waals surface area contributed by atoms with E-state index in [1.165, 1.54) is 12.1 Å². The fraction of sp³-hybridized carbons (Fsp3) is 0.364. The molecule has 0 radical (unpaired) electrons. The van der Waals surface area contributed by atoms with Crippen molar-refractivity contribution in [3.63, 3.8) is 0 Å². The minimum Gasteiger partial charge on any atom is -0.477 e. The highest BCUT2D eigenvalue weighted by Gasteiger charge is 2.27. The van der Waals surface area contributed by atoms with E-state index in [0.717, 1.165) is 6.07 Å². The van der Waals surface area contributed by atoms with Crippen LogP contribution in [0, 0.1) is 10.1 Å². The van der Waals surface area contributed by atoms with Crippen molar-refractivity contribution >= 4 is 17.3 Å². The SMILES string of the molecule is CC(C)(CO)Nc1cccc(C(=O)O)c1[N+](=O)[O-]. The molecule has 0 atom stereocenters. The van der Waals surface area contributed by atoms with Crippen molar-refractivity contribution in [3.05, 3.63) is 33.9 Å². The largest absolute Gasteiger partial charge is 0.477 e. The first-order chi connectivity index (χ1) is 8.28. The van der Waals surface area contributed by atoms with Gasteiger partial charge in [-0.05, 0) is 26.0 Å². The van der Waals surface area contributed by atoms with Gasteiger partial charge in [0.1, 0.15) is 11.3 Å². The first-order valence-electron chi connectivity index (χ1n) is 5.18. The average Bonchev–Trinajstić information content (AvgIpc) is 2.27. The number of nitrogens with one attached hydrogen (secondary N) is 1. The van der Waals surface area contributed by atoms with Crippen LogP contribution in [0.3, 0.4) is 0 Å². The van der Waals surface area contributed by atoms with Crippen molar-refractivity contribution in [3.8, 4) is 0 Å². The minimum atomic E-state index is -1.37. The molecular weight excluding hydrogens is 240 g/mol. The number of nitro benzene ring substituents is 1. The van der Waals surface area contributed by atoms with Crippen LogP contribution < -0.4 is 5.32 Å². The van der Waals surface area contributed by atoms with Gasteiger partial charge in [0.05, 0.1) is 17.1 Å². The number of benzene rings is 1. The molecule has 0 aliphatic carbocycles. The van der Waals surface area contributed by atoms with Gasteiger partial charge in [-0.2, -0.15) is 0 Å². The molecule has 7 nitrogen and oxygen atoms in total. The second kappa shape index (κ2) is 5.01. The number of aromatic carboxylic acids is 1. The van der Waals surface area contributed by atoms with Gasteiger partial charge in [0.25, 0.3) is 0 Å². The number of nitrogens with zero attached hydrogens (tertiary/aromatic N) is 1. The zero-order valence-corrected chi connectivity index (χ0v) is 10.0. The molecule has 3 N–H and O–H groups in total. The fourth-order valence-electron chi connectivity index (χ4n) is 1.42. The molecule has 0 heterocycles. The molecule has 1 aromatic carbocycles. The van der Waals surface area contributed by atoms with E-state index in [4.69, 9.17) is 10.2 Å². The fourth-order valence-corrected chi connectivity index (χ4v) is 1.42. The topological polar surface area (TPSA) is 113 Å². The van der Waals surface area contributed by atoms with Crippen LogP contribution in [0.15, 0.2) is 18.2 Å². The number of carboxylic acid groups (broad SMARTS) is 1. The summed E-state index contributed by atoms with van der Waals surface area (Å²) in [7, 11) is 0. The van der Waals surface area contributed by atoms with Crippen molar-refractivity contribution in [2.75, 3.05) is 11.9 Å². The number of hydrogen-bond acceptors (Lipinski definition) is 5. The van der Waals surface area contributed by atoms with E-state index in [2.05, 4.69) is 5.32 Å². The first-order valence-corrected chi connectivity index (χ1v) is 5.18. The predicted octanol–water partition coefficient (Wildman–Crippen LogP) is 1.48. The van der Waals surface area contributed by atoms with Crippen LogP contribution in [0.2, 0.25) is 0 Å². The van der Waals surface area contributed by atoms with E-state index in [1.807, 2.05) is 0 Å². The summed E-state index contributed by atoms with van der Waals surface area (Å²) in [6.07, 6.45) is 0. The Morgan fingerprint density at radius 3 is 2.56 bits per heavy atom. The second-order valence-electron chi connectivity index (χ2n) is 4.43. The number of aliphatic hydroxyl groups is 1. The Labute approximate surface area is 103 Å². The quantitative estimate of drug-likeness (QED) is 0.541. The molecule has 0 fully saturated rings. The number of anilines is 1. The maximum absolute atomic E-state index is 11.0. The van der Waals surface area contributed by atoms with Crippen molar-refractivity contribution in [2.45, 2.75) is 19.4 Å².